The topological polar surface area (TPSA) is 39.1 Å². The van der Waals surface area contributed by atoms with Crippen LogP contribution in [0.5, 0.6) is 0 Å². The molecular weight excluding hydrogens is 250 g/mol. The average Bonchev–Trinajstić information content (AvgIpc) is 3.03. The van der Waals surface area contributed by atoms with E-state index >= 15 is 0 Å². The summed E-state index contributed by atoms with van der Waals surface area (Å²) in [6.45, 7) is 0. The second-order valence-corrected chi connectivity index (χ2v) is 5.32. The monoisotopic (exact) mass is 271 g/mol. The van der Waals surface area contributed by atoms with E-state index in [1.807, 2.05) is 30.1 Å². The molecule has 1 saturated carbocycles. The number of aromatic nitrogens is 2. The minimum Gasteiger partial charge on any atom is -0.381 e. The van der Waals surface area contributed by atoms with Crippen molar-refractivity contribution in [3.63, 3.8) is 0 Å². The highest BCUT2D eigenvalue weighted by atomic mass is 16.5. The first-order chi connectivity index (χ1) is 9.86. The number of nitrogens with zero attached hydrogens (tertiary/aromatic N) is 2. The fourth-order valence-electron chi connectivity index (χ4n) is 2.87. The molecule has 1 aromatic carbocycles. The van der Waals surface area contributed by atoms with Crippen molar-refractivity contribution in [3.8, 4) is 5.69 Å². The molecule has 0 bridgehead atoms. The van der Waals surface area contributed by atoms with E-state index in [1.165, 1.54) is 0 Å². The molecule has 1 aliphatic carbocycles. The molecule has 1 fully saturated rings. The van der Waals surface area contributed by atoms with E-state index in [2.05, 4.69) is 28.6 Å². The van der Waals surface area contributed by atoms with Crippen LogP contribution in [0.3, 0.4) is 0 Å². The van der Waals surface area contributed by atoms with Crippen LogP contribution < -0.4 is 5.32 Å². The van der Waals surface area contributed by atoms with Crippen LogP contribution in [0.2, 0.25) is 0 Å². The highest BCUT2D eigenvalue weighted by Gasteiger charge is 2.21. The maximum atomic E-state index is 5.43. The highest BCUT2D eigenvalue weighted by Crippen LogP contribution is 2.26. The van der Waals surface area contributed by atoms with Gasteiger partial charge in [-0.1, -0.05) is 12.1 Å². The van der Waals surface area contributed by atoms with E-state index in [0.29, 0.717) is 12.1 Å². The third-order valence-corrected chi connectivity index (χ3v) is 4.02. The first-order valence-electron chi connectivity index (χ1n) is 7.25. The number of nitrogens with one attached hydrogen (secondary N) is 1. The zero-order chi connectivity index (χ0) is 13.8. The molecule has 1 aromatic heterocycles. The van der Waals surface area contributed by atoms with Gasteiger partial charge < -0.3 is 10.1 Å². The van der Waals surface area contributed by atoms with Gasteiger partial charge in [0.1, 0.15) is 0 Å². The van der Waals surface area contributed by atoms with E-state index in [9.17, 15) is 0 Å². The van der Waals surface area contributed by atoms with Crippen LogP contribution in [-0.4, -0.2) is 29.0 Å². The van der Waals surface area contributed by atoms with E-state index in [-0.39, 0.29) is 0 Å². The van der Waals surface area contributed by atoms with Crippen LogP contribution in [0.15, 0.2) is 42.7 Å². The lowest BCUT2D eigenvalue weighted by Gasteiger charge is -2.29. The van der Waals surface area contributed by atoms with Gasteiger partial charge in [-0.15, -0.1) is 0 Å². The van der Waals surface area contributed by atoms with Crippen LogP contribution in [0.4, 0.5) is 5.69 Å². The van der Waals surface area contributed by atoms with Gasteiger partial charge in [-0.25, -0.2) is 4.68 Å². The first-order valence-corrected chi connectivity index (χ1v) is 7.25. The Bertz CT molecular complexity index is 530. The molecule has 0 spiro atoms. The molecule has 1 heterocycles. The van der Waals surface area contributed by atoms with Crippen LogP contribution >= 0.6 is 0 Å². The summed E-state index contributed by atoms with van der Waals surface area (Å²) in [5, 5.41) is 7.99. The number of hydrogen-bond donors (Lipinski definition) is 1. The average molecular weight is 271 g/mol. The summed E-state index contributed by atoms with van der Waals surface area (Å²) >= 11 is 0. The largest absolute Gasteiger partial charge is 0.381 e. The Morgan fingerprint density at radius 2 is 1.95 bits per heavy atom. The van der Waals surface area contributed by atoms with E-state index in [0.717, 1.165) is 37.1 Å². The summed E-state index contributed by atoms with van der Waals surface area (Å²) in [5.74, 6) is 0. The zero-order valence-electron chi connectivity index (χ0n) is 11.8. The van der Waals surface area contributed by atoms with Gasteiger partial charge in [0.2, 0.25) is 0 Å². The molecule has 0 unspecified atom stereocenters. The zero-order valence-corrected chi connectivity index (χ0v) is 11.8. The molecule has 0 atom stereocenters. The molecule has 0 aliphatic heterocycles. The molecule has 4 nitrogen and oxygen atoms in total. The Morgan fingerprint density at radius 3 is 2.65 bits per heavy atom. The Morgan fingerprint density at radius 1 is 1.15 bits per heavy atom. The lowest BCUT2D eigenvalue weighted by Crippen LogP contribution is -2.29. The van der Waals surface area contributed by atoms with Crippen LogP contribution in [0.25, 0.3) is 5.69 Å². The summed E-state index contributed by atoms with van der Waals surface area (Å²) in [5.41, 5.74) is 2.25. The molecule has 20 heavy (non-hydrogen) atoms. The minimum absolute atomic E-state index is 0.439. The van der Waals surface area contributed by atoms with Gasteiger partial charge in [0.15, 0.2) is 0 Å². The summed E-state index contributed by atoms with van der Waals surface area (Å²) in [4.78, 5) is 0. The lowest BCUT2D eigenvalue weighted by molar-refractivity contribution is 0.0682. The molecule has 0 saturated heterocycles. The second-order valence-electron chi connectivity index (χ2n) is 5.32. The third kappa shape index (κ3) is 2.85. The standard InChI is InChI=1S/C16H21N3O/c1-20-14-9-7-13(8-10-14)18-15-5-2-3-6-16(15)19-12-4-11-17-19/h2-6,11-14,18H,7-10H2,1H3. The van der Waals surface area contributed by atoms with Crippen molar-refractivity contribution in [1.29, 1.82) is 0 Å². The highest BCUT2D eigenvalue weighted by molar-refractivity contribution is 5.61. The Balaban J connectivity index is 1.72. The summed E-state index contributed by atoms with van der Waals surface area (Å²) in [6.07, 6.45) is 8.81. The van der Waals surface area contributed by atoms with Gasteiger partial charge in [0.25, 0.3) is 0 Å². The predicted octanol–water partition coefficient (Wildman–Crippen LogP) is 3.24. The number of ether oxygens (including phenoxy) is 1. The van der Waals surface area contributed by atoms with E-state index in [4.69, 9.17) is 4.74 Å². The number of benzene rings is 1. The molecule has 1 aliphatic rings. The van der Waals surface area contributed by atoms with Crippen LogP contribution in [0, 0.1) is 0 Å². The Kier molecular flexibility index (Phi) is 4.02. The molecule has 2 aromatic rings. The van der Waals surface area contributed by atoms with Crippen molar-refractivity contribution in [2.75, 3.05) is 12.4 Å². The predicted molar refractivity (Wildman–Crippen MR) is 80.2 cm³/mol. The van der Waals surface area contributed by atoms with Gasteiger partial charge in [0.05, 0.1) is 17.5 Å². The van der Waals surface area contributed by atoms with Gasteiger partial charge in [-0.3, -0.25) is 0 Å². The summed E-state index contributed by atoms with van der Waals surface area (Å²) in [7, 11) is 1.81. The number of para-hydroxylation sites is 2. The molecule has 1 N–H and O–H groups in total. The van der Waals surface area contributed by atoms with Crippen molar-refractivity contribution in [2.45, 2.75) is 37.8 Å². The fraction of sp³-hybridized carbons (Fsp3) is 0.438. The SMILES string of the molecule is COC1CCC(Nc2ccccc2-n2cccn2)CC1. The van der Waals surface area contributed by atoms with Gasteiger partial charge in [-0.05, 0) is 43.9 Å². The Hall–Kier alpha value is -1.81. The molecule has 0 amide bonds. The number of rotatable bonds is 4. The van der Waals surface area contributed by atoms with Gasteiger partial charge in [-0.2, -0.15) is 5.10 Å². The quantitative estimate of drug-likeness (QED) is 0.928. The van der Waals surface area contributed by atoms with Crippen LogP contribution in [0.1, 0.15) is 25.7 Å². The number of hydrogen-bond acceptors (Lipinski definition) is 3. The van der Waals surface area contributed by atoms with Gasteiger partial charge >= 0.3 is 0 Å². The molecule has 0 radical (unpaired) electrons. The summed E-state index contributed by atoms with van der Waals surface area (Å²) < 4.78 is 7.34. The van der Waals surface area contributed by atoms with Crippen molar-refractivity contribution >= 4 is 5.69 Å². The second kappa shape index (κ2) is 6.09. The van der Waals surface area contributed by atoms with Crippen molar-refractivity contribution < 1.29 is 4.74 Å². The van der Waals surface area contributed by atoms with Gasteiger partial charge in [0, 0.05) is 25.5 Å². The summed E-state index contributed by atoms with van der Waals surface area (Å²) in [6, 6.07) is 10.8. The molecule has 106 valence electrons. The lowest BCUT2D eigenvalue weighted by atomic mass is 9.93. The molecular formula is C16H21N3O. The number of methoxy groups -OCH3 is 1. The van der Waals surface area contributed by atoms with Crippen molar-refractivity contribution in [3.05, 3.63) is 42.7 Å². The number of anilines is 1. The van der Waals surface area contributed by atoms with Crippen LogP contribution in [-0.2, 0) is 4.74 Å². The van der Waals surface area contributed by atoms with E-state index in [1.54, 1.807) is 6.20 Å². The van der Waals surface area contributed by atoms with E-state index < -0.39 is 0 Å². The van der Waals surface area contributed by atoms with Crippen molar-refractivity contribution in [2.24, 2.45) is 0 Å². The maximum absolute atomic E-state index is 5.43. The normalized spacial score (nSPS) is 22.6. The third-order valence-electron chi connectivity index (χ3n) is 4.02. The maximum Gasteiger partial charge on any atom is 0.0876 e. The first kappa shape index (κ1) is 13.2. The fourth-order valence-corrected chi connectivity index (χ4v) is 2.87. The smallest absolute Gasteiger partial charge is 0.0876 e. The van der Waals surface area contributed by atoms with Crippen molar-refractivity contribution in [1.82, 2.24) is 9.78 Å². The Labute approximate surface area is 119 Å². The minimum atomic E-state index is 0.439. The molecule has 3 rings (SSSR count). The molecule has 4 heteroatoms.